The van der Waals surface area contributed by atoms with E-state index in [1.165, 1.54) is 6.42 Å². The molecule has 1 saturated carbocycles. The number of carbonyl (C=O) groups excluding carboxylic acids is 1. The van der Waals surface area contributed by atoms with Crippen molar-refractivity contribution in [3.8, 4) is 5.75 Å². The van der Waals surface area contributed by atoms with Gasteiger partial charge in [-0.05, 0) is 65.4 Å². The topological polar surface area (TPSA) is 49.8 Å². The maximum Gasteiger partial charge on any atom is 0.316 e. The van der Waals surface area contributed by atoms with Crippen LogP contribution in [-0.4, -0.2) is 42.2 Å². The van der Waals surface area contributed by atoms with E-state index in [9.17, 15) is 9.90 Å². The van der Waals surface area contributed by atoms with Gasteiger partial charge >= 0.3 is 5.97 Å². The van der Waals surface area contributed by atoms with Gasteiger partial charge in [-0.15, -0.1) is 0 Å². The largest absolute Gasteiger partial charge is 0.426 e. The Morgan fingerprint density at radius 3 is 2.20 bits per heavy atom. The zero-order valence-corrected chi connectivity index (χ0v) is 16.3. The summed E-state index contributed by atoms with van der Waals surface area (Å²) in [4.78, 5) is 14.2. The molecule has 1 atom stereocenters. The summed E-state index contributed by atoms with van der Waals surface area (Å²) < 4.78 is 5.45. The van der Waals surface area contributed by atoms with E-state index in [1.54, 1.807) is 0 Å². The number of carbonyl (C=O) groups is 1. The summed E-state index contributed by atoms with van der Waals surface area (Å²) in [6, 6.07) is 7.67. The van der Waals surface area contributed by atoms with Gasteiger partial charge in [-0.2, -0.15) is 0 Å². The van der Waals surface area contributed by atoms with Gasteiger partial charge in [0.15, 0.2) is 0 Å². The fourth-order valence-electron chi connectivity index (χ4n) is 3.49. The lowest BCUT2D eigenvalue weighted by molar-refractivity contribution is -0.143. The molecule has 0 radical (unpaired) electrons. The zero-order chi connectivity index (χ0) is 18.7. The number of rotatable bonds is 5. The summed E-state index contributed by atoms with van der Waals surface area (Å²) in [5, 5.41) is 11.2. The van der Waals surface area contributed by atoms with Gasteiger partial charge in [-0.25, -0.2) is 0 Å². The van der Waals surface area contributed by atoms with Gasteiger partial charge in [0.2, 0.25) is 0 Å². The molecule has 0 heterocycles. The summed E-state index contributed by atoms with van der Waals surface area (Å²) in [5.74, 6) is 0.383. The average Bonchev–Trinajstić information content (AvgIpc) is 2.53. The molecule has 4 nitrogen and oxygen atoms in total. The maximum absolute atomic E-state index is 12.0. The van der Waals surface area contributed by atoms with Gasteiger partial charge < -0.3 is 14.7 Å². The van der Waals surface area contributed by atoms with Crippen molar-refractivity contribution in [3.63, 3.8) is 0 Å². The van der Waals surface area contributed by atoms with Crippen LogP contribution in [0.25, 0.3) is 0 Å². The van der Waals surface area contributed by atoms with Gasteiger partial charge in [-0.3, -0.25) is 4.79 Å². The van der Waals surface area contributed by atoms with Crippen LogP contribution in [0.2, 0.25) is 0 Å². The third kappa shape index (κ3) is 5.29. The monoisotopic (exact) mass is 347 g/mol. The molecule has 0 aliphatic heterocycles. The Balaban J connectivity index is 2.19. The fraction of sp³-hybridized carbons (Fsp3) is 0.667. The predicted molar refractivity (Wildman–Crippen MR) is 101 cm³/mol. The first-order valence-corrected chi connectivity index (χ1v) is 9.31. The number of nitrogens with zero attached hydrogens (tertiary/aromatic N) is 1. The molecule has 0 unspecified atom stereocenters. The van der Waals surface area contributed by atoms with E-state index in [-0.39, 0.29) is 11.9 Å². The molecule has 25 heavy (non-hydrogen) atoms. The molecule has 0 spiro atoms. The molecular formula is C21H33NO3. The molecule has 1 fully saturated rings. The van der Waals surface area contributed by atoms with E-state index in [4.69, 9.17) is 4.74 Å². The number of hydrogen-bond acceptors (Lipinski definition) is 4. The van der Waals surface area contributed by atoms with Crippen molar-refractivity contribution >= 4 is 5.97 Å². The van der Waals surface area contributed by atoms with E-state index in [0.717, 1.165) is 37.8 Å². The molecule has 0 saturated heterocycles. The molecule has 0 amide bonds. The van der Waals surface area contributed by atoms with Crippen molar-refractivity contribution in [3.05, 3.63) is 29.8 Å². The van der Waals surface area contributed by atoms with Crippen molar-refractivity contribution in [2.75, 3.05) is 20.6 Å². The predicted octanol–water partition coefficient (Wildman–Crippen LogP) is 3.98. The zero-order valence-electron chi connectivity index (χ0n) is 16.3. The van der Waals surface area contributed by atoms with Crippen LogP contribution in [0.4, 0.5) is 0 Å². The Bertz CT molecular complexity index is 566. The first-order chi connectivity index (χ1) is 11.6. The minimum Gasteiger partial charge on any atom is -0.426 e. The lowest BCUT2D eigenvalue weighted by atomic mass is 9.72. The summed E-state index contributed by atoms with van der Waals surface area (Å²) in [7, 11) is 4.08. The van der Waals surface area contributed by atoms with Crippen molar-refractivity contribution in [1.29, 1.82) is 0 Å². The van der Waals surface area contributed by atoms with Crippen LogP contribution in [0.1, 0.15) is 64.4 Å². The minimum absolute atomic E-state index is 0.0650. The van der Waals surface area contributed by atoms with Crippen molar-refractivity contribution in [2.45, 2.75) is 64.4 Å². The van der Waals surface area contributed by atoms with E-state index >= 15 is 0 Å². The highest BCUT2D eigenvalue weighted by molar-refractivity contribution is 5.77. The van der Waals surface area contributed by atoms with Gasteiger partial charge in [0.25, 0.3) is 0 Å². The van der Waals surface area contributed by atoms with E-state index < -0.39 is 11.0 Å². The molecule has 1 aliphatic rings. The molecule has 140 valence electrons. The van der Waals surface area contributed by atoms with E-state index in [0.29, 0.717) is 5.75 Å². The number of aliphatic hydroxyl groups is 1. The number of hydrogen-bond donors (Lipinski definition) is 1. The van der Waals surface area contributed by atoms with Crippen LogP contribution in [0, 0.1) is 5.41 Å². The van der Waals surface area contributed by atoms with Gasteiger partial charge in [0.05, 0.1) is 11.0 Å². The molecule has 4 heteroatoms. The standard InChI is InChI=1S/C21H33NO3/c1-20(2,3)19(23)25-17-11-9-16(10-12-17)18(15-22(4)5)21(24)13-7-6-8-14-21/h9-12,18,24H,6-8,13-15H2,1-5H3/t18-/m0/s1. The van der Waals surface area contributed by atoms with Crippen LogP contribution < -0.4 is 4.74 Å². The first-order valence-electron chi connectivity index (χ1n) is 9.31. The van der Waals surface area contributed by atoms with Crippen LogP contribution in [0.15, 0.2) is 24.3 Å². The number of esters is 1. The third-order valence-corrected chi connectivity index (χ3v) is 5.02. The Morgan fingerprint density at radius 1 is 1.16 bits per heavy atom. The second-order valence-electron chi connectivity index (χ2n) is 8.69. The third-order valence-electron chi connectivity index (χ3n) is 5.02. The summed E-state index contributed by atoms with van der Waals surface area (Å²) in [6.07, 6.45) is 5.08. The van der Waals surface area contributed by atoms with Crippen LogP contribution in [0.3, 0.4) is 0 Å². The first kappa shape index (κ1) is 19.9. The Morgan fingerprint density at radius 2 is 1.72 bits per heavy atom. The van der Waals surface area contributed by atoms with Crippen molar-refractivity contribution in [2.24, 2.45) is 5.41 Å². The highest BCUT2D eigenvalue weighted by atomic mass is 16.5. The molecule has 0 aromatic heterocycles. The smallest absolute Gasteiger partial charge is 0.316 e. The second-order valence-corrected chi connectivity index (χ2v) is 8.69. The van der Waals surface area contributed by atoms with Gasteiger partial charge in [0, 0.05) is 12.5 Å². The van der Waals surface area contributed by atoms with Crippen LogP contribution in [0.5, 0.6) is 5.75 Å². The fourth-order valence-corrected chi connectivity index (χ4v) is 3.49. The number of benzene rings is 1. The van der Waals surface area contributed by atoms with Crippen LogP contribution >= 0.6 is 0 Å². The average molecular weight is 347 g/mol. The summed E-state index contributed by atoms with van der Waals surface area (Å²) in [6.45, 7) is 6.33. The summed E-state index contributed by atoms with van der Waals surface area (Å²) >= 11 is 0. The molecule has 0 bridgehead atoms. The highest BCUT2D eigenvalue weighted by Crippen LogP contribution is 2.40. The quantitative estimate of drug-likeness (QED) is 0.646. The normalized spacial score (nSPS) is 18.8. The maximum atomic E-state index is 12.0. The van der Waals surface area contributed by atoms with Crippen molar-refractivity contribution < 1.29 is 14.6 Å². The Hall–Kier alpha value is -1.39. The Labute approximate surface area is 152 Å². The SMILES string of the molecule is CN(C)C[C@@H](c1ccc(OC(=O)C(C)(C)C)cc1)C1(O)CCCCC1. The molecular weight excluding hydrogens is 314 g/mol. The van der Waals surface area contributed by atoms with Gasteiger partial charge in [-0.1, -0.05) is 31.4 Å². The van der Waals surface area contributed by atoms with E-state index in [2.05, 4.69) is 4.90 Å². The molecule has 1 aliphatic carbocycles. The Kier molecular flexibility index (Phi) is 6.28. The summed E-state index contributed by atoms with van der Waals surface area (Å²) in [5.41, 5.74) is -0.0659. The lowest BCUT2D eigenvalue weighted by Crippen LogP contribution is -2.42. The molecule has 1 aromatic rings. The number of ether oxygens (including phenoxy) is 1. The van der Waals surface area contributed by atoms with Crippen LogP contribution in [-0.2, 0) is 4.79 Å². The van der Waals surface area contributed by atoms with Gasteiger partial charge in [0.1, 0.15) is 5.75 Å². The lowest BCUT2D eigenvalue weighted by Gasteiger charge is -2.40. The molecule has 1 aromatic carbocycles. The molecule has 1 N–H and O–H groups in total. The van der Waals surface area contributed by atoms with Crippen molar-refractivity contribution in [1.82, 2.24) is 4.90 Å². The number of likely N-dealkylation sites (N-methyl/N-ethyl adjacent to an activating group) is 1. The second kappa shape index (κ2) is 7.88. The molecule has 2 rings (SSSR count). The highest BCUT2D eigenvalue weighted by Gasteiger charge is 2.38. The van der Waals surface area contributed by atoms with E-state index in [1.807, 2.05) is 59.1 Å². The minimum atomic E-state index is -0.647.